The largest absolute Gasteiger partial charge is 0.387 e. The summed E-state index contributed by atoms with van der Waals surface area (Å²) in [5, 5.41) is 21.2. The number of carbonyl (C=O) groups is 2. The predicted octanol–water partition coefficient (Wildman–Crippen LogP) is 2.94. The second-order valence-electron chi connectivity index (χ2n) is 5.62. The number of hydrogen-bond acceptors (Lipinski definition) is 5. The summed E-state index contributed by atoms with van der Waals surface area (Å²) in [6.45, 7) is 0.291. The molecule has 2 aromatic heterocycles. The van der Waals surface area contributed by atoms with Crippen LogP contribution < -0.4 is 10.6 Å². The molecule has 1 aromatic carbocycles. The van der Waals surface area contributed by atoms with Crippen LogP contribution in [0.4, 0.5) is 0 Å². The van der Waals surface area contributed by atoms with Gasteiger partial charge in [0.15, 0.2) is 0 Å². The van der Waals surface area contributed by atoms with E-state index in [1.54, 1.807) is 11.3 Å². The van der Waals surface area contributed by atoms with Gasteiger partial charge in [-0.2, -0.15) is 11.3 Å². The fourth-order valence-corrected chi connectivity index (χ4v) is 3.68. The summed E-state index contributed by atoms with van der Waals surface area (Å²) in [7, 11) is 0. The van der Waals surface area contributed by atoms with Gasteiger partial charge in [-0.1, -0.05) is 30.3 Å². The van der Waals surface area contributed by atoms with Crippen LogP contribution in [0.25, 0.3) is 11.1 Å². The van der Waals surface area contributed by atoms with E-state index in [-0.39, 0.29) is 6.54 Å². The molecule has 0 bridgehead atoms. The first-order valence-corrected chi connectivity index (χ1v) is 9.85. The van der Waals surface area contributed by atoms with E-state index >= 15 is 0 Å². The van der Waals surface area contributed by atoms with Crippen molar-refractivity contribution in [3.05, 3.63) is 69.0 Å². The number of nitrogens with one attached hydrogen (secondary N) is 2. The Labute approximate surface area is 159 Å². The second-order valence-corrected chi connectivity index (χ2v) is 7.43. The normalized spacial score (nSPS) is 11.7. The Hall–Kier alpha value is -2.48. The van der Waals surface area contributed by atoms with Crippen molar-refractivity contribution in [2.24, 2.45) is 0 Å². The molecule has 2 heterocycles. The van der Waals surface area contributed by atoms with E-state index < -0.39 is 17.9 Å². The average Bonchev–Trinajstić information content (AvgIpc) is 3.37. The van der Waals surface area contributed by atoms with E-state index in [9.17, 15) is 14.7 Å². The topological polar surface area (TPSA) is 78.4 Å². The highest BCUT2D eigenvalue weighted by atomic mass is 32.1. The average molecular weight is 386 g/mol. The highest BCUT2D eigenvalue weighted by Gasteiger charge is 2.15. The Morgan fingerprint density at radius 1 is 0.962 bits per heavy atom. The lowest BCUT2D eigenvalue weighted by Crippen LogP contribution is -2.41. The molecule has 26 heavy (non-hydrogen) atoms. The number of aliphatic hydroxyl groups is 1. The van der Waals surface area contributed by atoms with Crippen LogP contribution in [0.3, 0.4) is 0 Å². The molecule has 0 spiro atoms. The lowest BCUT2D eigenvalue weighted by molar-refractivity contribution is -0.139. The number of hydrogen-bond donors (Lipinski definition) is 3. The van der Waals surface area contributed by atoms with Gasteiger partial charge in [0.25, 0.3) is 0 Å². The first-order chi connectivity index (χ1) is 12.6. The van der Waals surface area contributed by atoms with Gasteiger partial charge in [0.1, 0.15) is 0 Å². The van der Waals surface area contributed by atoms with Crippen LogP contribution in [-0.4, -0.2) is 23.5 Å². The van der Waals surface area contributed by atoms with E-state index in [4.69, 9.17) is 0 Å². The van der Waals surface area contributed by atoms with E-state index in [0.717, 1.165) is 16.0 Å². The molecule has 1 atom stereocenters. The maximum atomic E-state index is 11.8. The van der Waals surface area contributed by atoms with Crippen LogP contribution >= 0.6 is 22.7 Å². The molecular weight excluding hydrogens is 368 g/mol. The zero-order valence-corrected chi connectivity index (χ0v) is 15.5. The zero-order chi connectivity index (χ0) is 18.4. The van der Waals surface area contributed by atoms with E-state index in [1.807, 2.05) is 53.2 Å². The number of amides is 2. The third-order valence-electron chi connectivity index (χ3n) is 3.82. The fraction of sp³-hybridized carbons (Fsp3) is 0.158. The van der Waals surface area contributed by atoms with Crippen LogP contribution in [0.15, 0.2) is 58.6 Å². The molecule has 3 aromatic rings. The summed E-state index contributed by atoms with van der Waals surface area (Å²) >= 11 is 3.13. The smallest absolute Gasteiger partial charge is 0.309 e. The van der Waals surface area contributed by atoms with Gasteiger partial charge < -0.3 is 15.7 Å². The first-order valence-electron chi connectivity index (χ1n) is 8.02. The molecule has 3 rings (SSSR count). The van der Waals surface area contributed by atoms with Gasteiger partial charge in [-0.3, -0.25) is 9.59 Å². The lowest BCUT2D eigenvalue weighted by atomic mass is 10.0. The SMILES string of the molecule is O=C(NCc1cccs1)C(=O)NC[C@H](O)c1ccc(-c2ccsc2)cc1. The summed E-state index contributed by atoms with van der Waals surface area (Å²) in [5.74, 6) is -1.46. The van der Waals surface area contributed by atoms with Gasteiger partial charge in [-0.25, -0.2) is 0 Å². The van der Waals surface area contributed by atoms with Gasteiger partial charge in [-0.15, -0.1) is 11.3 Å². The molecule has 0 saturated carbocycles. The molecule has 0 aliphatic rings. The third-order valence-corrected chi connectivity index (χ3v) is 5.38. The van der Waals surface area contributed by atoms with Gasteiger partial charge in [0.2, 0.25) is 0 Å². The van der Waals surface area contributed by atoms with Gasteiger partial charge in [-0.05, 0) is 45.0 Å². The van der Waals surface area contributed by atoms with Crippen molar-refractivity contribution in [2.45, 2.75) is 12.6 Å². The summed E-state index contributed by atoms with van der Waals surface area (Å²) in [4.78, 5) is 24.6. The lowest BCUT2D eigenvalue weighted by Gasteiger charge is -2.12. The van der Waals surface area contributed by atoms with Crippen LogP contribution in [-0.2, 0) is 16.1 Å². The highest BCUT2D eigenvalue weighted by molar-refractivity contribution is 7.09. The number of thiophene rings is 2. The Bertz CT molecular complexity index is 844. The highest BCUT2D eigenvalue weighted by Crippen LogP contribution is 2.23. The van der Waals surface area contributed by atoms with Crippen molar-refractivity contribution in [1.29, 1.82) is 0 Å². The molecular formula is C19H18N2O3S2. The summed E-state index contributed by atoms with van der Waals surface area (Å²) in [6, 6.07) is 13.3. The predicted molar refractivity (Wildman–Crippen MR) is 104 cm³/mol. The van der Waals surface area contributed by atoms with Crippen molar-refractivity contribution in [1.82, 2.24) is 10.6 Å². The van der Waals surface area contributed by atoms with E-state index in [0.29, 0.717) is 12.1 Å². The minimum Gasteiger partial charge on any atom is -0.387 e. The standard InChI is InChI=1S/C19H18N2O3S2/c22-17(14-5-3-13(4-6-14)15-7-9-25-12-15)11-21-19(24)18(23)20-10-16-2-1-8-26-16/h1-9,12,17,22H,10-11H2,(H,20,23)(H,21,24)/t17-/m0/s1. The molecule has 5 nitrogen and oxygen atoms in total. The van der Waals surface area contributed by atoms with Crippen LogP contribution in [0.2, 0.25) is 0 Å². The third kappa shape index (κ3) is 4.78. The Balaban J connectivity index is 1.47. The van der Waals surface area contributed by atoms with E-state index in [1.165, 1.54) is 11.3 Å². The van der Waals surface area contributed by atoms with Crippen LogP contribution in [0.5, 0.6) is 0 Å². The maximum absolute atomic E-state index is 11.8. The second kappa shape index (κ2) is 8.75. The Morgan fingerprint density at radius 3 is 2.38 bits per heavy atom. The first kappa shape index (κ1) is 18.3. The molecule has 0 radical (unpaired) electrons. The quantitative estimate of drug-likeness (QED) is 0.570. The Morgan fingerprint density at radius 2 is 1.73 bits per heavy atom. The molecule has 3 N–H and O–H groups in total. The maximum Gasteiger partial charge on any atom is 0.309 e. The fourth-order valence-electron chi connectivity index (χ4n) is 2.37. The zero-order valence-electron chi connectivity index (χ0n) is 13.8. The molecule has 7 heteroatoms. The molecule has 0 aliphatic carbocycles. The Kier molecular flexibility index (Phi) is 6.17. The van der Waals surface area contributed by atoms with Gasteiger partial charge in [0, 0.05) is 11.4 Å². The molecule has 0 unspecified atom stereocenters. The molecule has 0 aliphatic heterocycles. The van der Waals surface area contributed by atoms with Gasteiger partial charge >= 0.3 is 11.8 Å². The van der Waals surface area contributed by atoms with Crippen molar-refractivity contribution < 1.29 is 14.7 Å². The molecule has 0 saturated heterocycles. The summed E-state index contributed by atoms with van der Waals surface area (Å²) in [5.41, 5.74) is 2.88. The number of rotatable bonds is 6. The van der Waals surface area contributed by atoms with Crippen LogP contribution in [0, 0.1) is 0 Å². The minimum atomic E-state index is -0.874. The van der Waals surface area contributed by atoms with Crippen molar-refractivity contribution in [3.8, 4) is 11.1 Å². The number of aliphatic hydroxyl groups excluding tert-OH is 1. The summed E-state index contributed by atoms with van der Waals surface area (Å²) in [6.07, 6.45) is -0.874. The number of carbonyl (C=O) groups excluding carboxylic acids is 2. The number of benzene rings is 1. The van der Waals surface area contributed by atoms with Crippen molar-refractivity contribution >= 4 is 34.5 Å². The van der Waals surface area contributed by atoms with E-state index in [2.05, 4.69) is 16.0 Å². The van der Waals surface area contributed by atoms with Crippen molar-refractivity contribution in [2.75, 3.05) is 6.54 Å². The minimum absolute atomic E-state index is 0.0247. The summed E-state index contributed by atoms with van der Waals surface area (Å²) < 4.78 is 0. The monoisotopic (exact) mass is 386 g/mol. The molecule has 0 fully saturated rings. The van der Waals surface area contributed by atoms with Crippen molar-refractivity contribution in [3.63, 3.8) is 0 Å². The van der Waals surface area contributed by atoms with Gasteiger partial charge in [0.05, 0.1) is 12.6 Å². The molecule has 2 amide bonds. The molecule has 134 valence electrons. The van der Waals surface area contributed by atoms with Crippen LogP contribution in [0.1, 0.15) is 16.5 Å².